The van der Waals surface area contributed by atoms with Crippen molar-refractivity contribution >= 4 is 16.9 Å². The summed E-state index contributed by atoms with van der Waals surface area (Å²) < 4.78 is 55.0. The predicted octanol–water partition coefficient (Wildman–Crippen LogP) is 4.83. The van der Waals surface area contributed by atoms with Gasteiger partial charge in [0, 0.05) is 38.4 Å². The van der Waals surface area contributed by atoms with Crippen LogP contribution in [0.15, 0.2) is 59.5 Å². The van der Waals surface area contributed by atoms with Crippen LogP contribution in [0.5, 0.6) is 0 Å². The van der Waals surface area contributed by atoms with Crippen LogP contribution in [0.2, 0.25) is 0 Å². The molecule has 5 rings (SSSR count). The molecule has 0 aliphatic carbocycles. The highest BCUT2D eigenvalue weighted by atomic mass is 19.4. The molecule has 1 aromatic carbocycles. The van der Waals surface area contributed by atoms with Crippen LogP contribution in [-0.4, -0.2) is 49.6 Å². The molecule has 1 aliphatic heterocycles. The molecule has 1 aliphatic rings. The third-order valence-corrected chi connectivity index (χ3v) is 7.59. The zero-order chi connectivity index (χ0) is 29.5. The van der Waals surface area contributed by atoms with E-state index in [2.05, 4.69) is 19.9 Å². The normalized spacial score (nSPS) is 18.8. The van der Waals surface area contributed by atoms with Crippen LogP contribution in [0.1, 0.15) is 48.8 Å². The van der Waals surface area contributed by atoms with Crippen molar-refractivity contribution in [2.45, 2.75) is 44.6 Å². The van der Waals surface area contributed by atoms with Gasteiger partial charge < -0.3 is 4.90 Å². The van der Waals surface area contributed by atoms with Crippen LogP contribution in [0, 0.1) is 17.1 Å². The number of benzene rings is 1. The fourth-order valence-corrected chi connectivity index (χ4v) is 5.41. The molecule has 2 unspecified atom stereocenters. The van der Waals surface area contributed by atoms with Crippen molar-refractivity contribution in [3.8, 4) is 6.07 Å². The van der Waals surface area contributed by atoms with Crippen molar-refractivity contribution in [3.63, 3.8) is 0 Å². The quantitative estimate of drug-likeness (QED) is 0.320. The van der Waals surface area contributed by atoms with Crippen LogP contribution in [0.3, 0.4) is 0 Å². The molecular formula is C29H27F4N7O. The van der Waals surface area contributed by atoms with Crippen molar-refractivity contribution in [2.75, 3.05) is 18.0 Å². The molecule has 0 spiro atoms. The van der Waals surface area contributed by atoms with E-state index in [4.69, 9.17) is 0 Å². The molecule has 41 heavy (non-hydrogen) atoms. The number of rotatable bonds is 5. The molecule has 0 N–H and O–H groups in total. The third-order valence-electron chi connectivity index (χ3n) is 7.59. The minimum absolute atomic E-state index is 0.168. The Morgan fingerprint density at radius 1 is 1.07 bits per heavy atom. The van der Waals surface area contributed by atoms with Crippen molar-refractivity contribution in [1.29, 1.82) is 5.26 Å². The van der Waals surface area contributed by atoms with Gasteiger partial charge in [-0.3, -0.25) is 14.5 Å². The number of aromatic nitrogens is 4. The Labute approximate surface area is 233 Å². The largest absolute Gasteiger partial charge is 0.417 e. The van der Waals surface area contributed by atoms with E-state index in [0.29, 0.717) is 47.6 Å². The van der Waals surface area contributed by atoms with Crippen molar-refractivity contribution in [1.82, 2.24) is 24.4 Å². The molecule has 3 aromatic heterocycles. The average Bonchev–Trinajstić information content (AvgIpc) is 2.96. The van der Waals surface area contributed by atoms with E-state index in [1.54, 1.807) is 31.3 Å². The highest BCUT2D eigenvalue weighted by Crippen LogP contribution is 2.36. The molecule has 4 aromatic rings. The molecule has 4 heterocycles. The maximum absolute atomic E-state index is 13.8. The summed E-state index contributed by atoms with van der Waals surface area (Å²) in [6.45, 7) is 4.81. The van der Waals surface area contributed by atoms with Crippen LogP contribution in [0.25, 0.3) is 11.0 Å². The minimum Gasteiger partial charge on any atom is -0.349 e. The van der Waals surface area contributed by atoms with Crippen LogP contribution >= 0.6 is 0 Å². The topological polar surface area (TPSA) is 90.9 Å². The fourth-order valence-electron chi connectivity index (χ4n) is 5.41. The van der Waals surface area contributed by atoms with Crippen molar-refractivity contribution < 1.29 is 17.6 Å². The van der Waals surface area contributed by atoms with E-state index in [1.807, 2.05) is 24.8 Å². The summed E-state index contributed by atoms with van der Waals surface area (Å²) in [5, 5.41) is 9.44. The Kier molecular flexibility index (Phi) is 7.48. The Hall–Kier alpha value is -4.37. The second-order valence-corrected chi connectivity index (χ2v) is 10.1. The summed E-state index contributed by atoms with van der Waals surface area (Å²) in [5.41, 5.74) is 0.956. The van der Waals surface area contributed by atoms with Crippen molar-refractivity contribution in [3.05, 3.63) is 93.5 Å². The lowest BCUT2D eigenvalue weighted by atomic mass is 9.95. The van der Waals surface area contributed by atoms with E-state index in [-0.39, 0.29) is 17.8 Å². The summed E-state index contributed by atoms with van der Waals surface area (Å²) in [5.74, 6) is -0.0467. The molecule has 212 valence electrons. The van der Waals surface area contributed by atoms with Gasteiger partial charge in [-0.2, -0.15) is 23.4 Å². The molecule has 3 atom stereocenters. The number of hydrogen-bond acceptors (Lipinski definition) is 7. The molecule has 0 bridgehead atoms. The fraction of sp³-hybridized carbons (Fsp3) is 0.345. The molecule has 1 saturated heterocycles. The average molecular weight is 566 g/mol. The summed E-state index contributed by atoms with van der Waals surface area (Å²) in [6.07, 6.45) is -3.06. The highest BCUT2D eigenvalue weighted by molar-refractivity contribution is 5.86. The first-order valence-electron chi connectivity index (χ1n) is 13.1. The predicted molar refractivity (Wildman–Crippen MR) is 145 cm³/mol. The first-order chi connectivity index (χ1) is 19.5. The Balaban J connectivity index is 1.57. The number of halogens is 4. The van der Waals surface area contributed by atoms with Crippen molar-refractivity contribution in [2.24, 2.45) is 7.05 Å². The number of alkyl halides is 3. The van der Waals surface area contributed by atoms with Gasteiger partial charge in [0.25, 0.3) is 0 Å². The summed E-state index contributed by atoms with van der Waals surface area (Å²) in [4.78, 5) is 30.0. The minimum atomic E-state index is -4.52. The van der Waals surface area contributed by atoms with Gasteiger partial charge in [-0.1, -0.05) is 19.1 Å². The third kappa shape index (κ3) is 5.37. The maximum Gasteiger partial charge on any atom is 0.417 e. The Bertz CT molecular complexity index is 1660. The van der Waals surface area contributed by atoms with Gasteiger partial charge in [0.1, 0.15) is 23.1 Å². The first kappa shape index (κ1) is 28.2. The lowest BCUT2D eigenvalue weighted by Crippen LogP contribution is -2.59. The first-order valence-corrected chi connectivity index (χ1v) is 13.1. The van der Waals surface area contributed by atoms with Gasteiger partial charge in [-0.05, 0) is 55.3 Å². The zero-order valence-corrected chi connectivity index (χ0v) is 22.6. The molecule has 12 heteroatoms. The Morgan fingerprint density at radius 2 is 1.80 bits per heavy atom. The van der Waals surface area contributed by atoms with E-state index in [9.17, 15) is 27.6 Å². The molecule has 0 saturated carbocycles. The maximum atomic E-state index is 13.8. The molecular weight excluding hydrogens is 538 g/mol. The number of nitrogens with zero attached hydrogens (tertiary/aromatic N) is 7. The molecule has 1 fully saturated rings. The van der Waals surface area contributed by atoms with Crippen LogP contribution in [-0.2, 0) is 13.2 Å². The van der Waals surface area contributed by atoms with E-state index in [0.717, 1.165) is 12.3 Å². The number of anilines is 1. The second kappa shape index (κ2) is 10.9. The number of aryl methyl sites for hydroxylation is 1. The SMILES string of the molecule is CC[C@H]1CN(C(c2ccc(F)cc2)c2ccc(C(F)(F)F)cn2)C(C)CN1c1nc(=O)n(C)c2ccc(C#N)nc12. The van der Waals surface area contributed by atoms with Crippen LogP contribution in [0.4, 0.5) is 23.4 Å². The smallest absolute Gasteiger partial charge is 0.349 e. The zero-order valence-electron chi connectivity index (χ0n) is 22.6. The molecule has 8 nitrogen and oxygen atoms in total. The van der Waals surface area contributed by atoms with Crippen LogP contribution < -0.4 is 10.6 Å². The number of nitriles is 1. The lowest BCUT2D eigenvalue weighted by molar-refractivity contribution is -0.137. The number of fused-ring (bicyclic) bond motifs is 1. The van der Waals surface area contributed by atoms with Gasteiger partial charge in [0.05, 0.1) is 22.8 Å². The van der Waals surface area contributed by atoms with E-state index >= 15 is 0 Å². The van der Waals surface area contributed by atoms with Gasteiger partial charge >= 0.3 is 11.9 Å². The van der Waals surface area contributed by atoms with Gasteiger partial charge in [0.15, 0.2) is 5.82 Å². The van der Waals surface area contributed by atoms with Gasteiger partial charge in [-0.25, -0.2) is 14.2 Å². The lowest BCUT2D eigenvalue weighted by Gasteiger charge is -2.48. The van der Waals surface area contributed by atoms with E-state index in [1.165, 1.54) is 22.8 Å². The van der Waals surface area contributed by atoms with Gasteiger partial charge in [-0.15, -0.1) is 0 Å². The number of hydrogen-bond donors (Lipinski definition) is 0. The monoisotopic (exact) mass is 565 g/mol. The summed E-state index contributed by atoms with van der Waals surface area (Å²) in [7, 11) is 1.59. The van der Waals surface area contributed by atoms with Gasteiger partial charge in [0.2, 0.25) is 0 Å². The standard InChI is InChI=1S/C29H27F4N7O/c1-4-22-16-39(26(18-5-8-20(30)9-6-18)23-11-7-19(14-35-23)29(31,32)33)17(2)15-40(22)27-25-24(38(3)28(41)37-27)12-10-21(13-34)36-25/h5-12,14,17,22,26H,4,15-16H2,1-3H3/t17?,22-,26?/m0/s1. The second-order valence-electron chi connectivity index (χ2n) is 10.1. The number of pyridine rings is 2. The summed E-state index contributed by atoms with van der Waals surface area (Å²) >= 11 is 0. The van der Waals surface area contributed by atoms with E-state index < -0.39 is 29.3 Å². The Morgan fingerprint density at radius 3 is 2.41 bits per heavy atom. The number of piperazine rings is 1. The summed E-state index contributed by atoms with van der Waals surface area (Å²) in [6, 6.07) is 12.6. The molecule has 0 amide bonds. The highest BCUT2D eigenvalue weighted by Gasteiger charge is 2.38. The molecule has 0 radical (unpaired) electrons.